The molecule has 1 saturated carbocycles. The van der Waals surface area contributed by atoms with Gasteiger partial charge in [0, 0.05) is 36.2 Å². The Morgan fingerprint density at radius 2 is 2.08 bits per heavy atom. The fraction of sp³-hybridized carbons (Fsp3) is 0.789. The van der Waals surface area contributed by atoms with E-state index in [0.29, 0.717) is 17.2 Å². The first-order chi connectivity index (χ1) is 11.3. The van der Waals surface area contributed by atoms with E-state index >= 15 is 0 Å². The molecule has 0 N–H and O–H groups in total. The van der Waals surface area contributed by atoms with Crippen molar-refractivity contribution >= 4 is 0 Å². The van der Waals surface area contributed by atoms with Crippen LogP contribution in [0.1, 0.15) is 45.7 Å². The highest BCUT2D eigenvalue weighted by Gasteiger charge is 2.45. The quantitative estimate of drug-likeness (QED) is 0.767. The van der Waals surface area contributed by atoms with E-state index in [-0.39, 0.29) is 5.60 Å². The molecule has 5 heteroatoms. The van der Waals surface area contributed by atoms with Crippen LogP contribution in [0.3, 0.4) is 0 Å². The average Bonchev–Trinajstić information content (AvgIpc) is 3.13. The molecular formula is C19H31N3O2. The van der Waals surface area contributed by atoms with Gasteiger partial charge in [-0.05, 0) is 53.5 Å². The number of rotatable bonds is 7. The average molecular weight is 333 g/mol. The molecule has 1 saturated heterocycles. The fourth-order valence-corrected chi connectivity index (χ4v) is 3.27. The zero-order valence-corrected chi connectivity index (χ0v) is 15.5. The van der Waals surface area contributed by atoms with Crippen LogP contribution >= 0.6 is 0 Å². The lowest BCUT2D eigenvalue weighted by atomic mass is 10.1. The first-order valence-electron chi connectivity index (χ1n) is 9.11. The smallest absolute Gasteiger partial charge is 0.216 e. The lowest BCUT2D eigenvalue weighted by Gasteiger charge is -2.27. The van der Waals surface area contributed by atoms with E-state index < -0.39 is 0 Å². The third-order valence-electron chi connectivity index (χ3n) is 4.94. The van der Waals surface area contributed by atoms with Crippen molar-refractivity contribution in [1.82, 2.24) is 14.9 Å². The first-order valence-corrected chi connectivity index (χ1v) is 9.11. The molecule has 5 nitrogen and oxygen atoms in total. The van der Waals surface area contributed by atoms with Gasteiger partial charge in [-0.3, -0.25) is 0 Å². The number of aryl methyl sites for hydroxylation is 1. The Morgan fingerprint density at radius 3 is 2.75 bits per heavy atom. The second-order valence-corrected chi connectivity index (χ2v) is 8.60. The van der Waals surface area contributed by atoms with E-state index in [0.717, 1.165) is 25.5 Å². The van der Waals surface area contributed by atoms with E-state index in [9.17, 15) is 0 Å². The Hall–Kier alpha value is -1.20. The SMILES string of the molecule is Cc1cc(OC[C@@H]2CCN(CC3(COC(C)(C)C)CC3)C2)ncn1. The van der Waals surface area contributed by atoms with Crippen LogP contribution in [-0.4, -0.2) is 53.3 Å². The molecule has 1 atom stereocenters. The molecule has 134 valence electrons. The summed E-state index contributed by atoms with van der Waals surface area (Å²) in [5.41, 5.74) is 1.32. The Bertz CT molecular complexity index is 552. The molecule has 3 rings (SSSR count). The van der Waals surface area contributed by atoms with Gasteiger partial charge in [-0.2, -0.15) is 0 Å². The van der Waals surface area contributed by atoms with Crippen LogP contribution in [0, 0.1) is 18.3 Å². The fourth-order valence-electron chi connectivity index (χ4n) is 3.27. The van der Waals surface area contributed by atoms with Crippen LogP contribution < -0.4 is 4.74 Å². The molecule has 2 heterocycles. The van der Waals surface area contributed by atoms with Gasteiger partial charge in [-0.25, -0.2) is 9.97 Å². The minimum Gasteiger partial charge on any atom is -0.477 e. The number of hydrogen-bond donors (Lipinski definition) is 0. The summed E-state index contributed by atoms with van der Waals surface area (Å²) in [5.74, 6) is 1.29. The summed E-state index contributed by atoms with van der Waals surface area (Å²) in [5, 5.41) is 0. The van der Waals surface area contributed by atoms with Gasteiger partial charge in [-0.15, -0.1) is 0 Å². The van der Waals surface area contributed by atoms with Crippen molar-refractivity contribution in [2.75, 3.05) is 32.8 Å². The first kappa shape index (κ1) is 17.6. The van der Waals surface area contributed by atoms with E-state index in [4.69, 9.17) is 9.47 Å². The predicted octanol–water partition coefficient (Wildman–Crippen LogP) is 3.08. The molecule has 0 radical (unpaired) electrons. The number of nitrogens with zero attached hydrogens (tertiary/aromatic N) is 3. The number of aromatic nitrogens is 2. The van der Waals surface area contributed by atoms with Crippen molar-refractivity contribution in [3.8, 4) is 5.88 Å². The van der Waals surface area contributed by atoms with Gasteiger partial charge in [-0.1, -0.05) is 0 Å². The summed E-state index contributed by atoms with van der Waals surface area (Å²) in [6.07, 6.45) is 5.39. The molecule has 1 aromatic heterocycles. The Morgan fingerprint density at radius 1 is 1.29 bits per heavy atom. The molecular weight excluding hydrogens is 302 g/mol. The number of ether oxygens (including phenoxy) is 2. The maximum absolute atomic E-state index is 6.04. The highest BCUT2D eigenvalue weighted by Crippen LogP contribution is 2.47. The van der Waals surface area contributed by atoms with Crippen molar-refractivity contribution < 1.29 is 9.47 Å². The summed E-state index contributed by atoms with van der Waals surface area (Å²) in [6.45, 7) is 13.5. The zero-order chi connectivity index (χ0) is 17.2. The van der Waals surface area contributed by atoms with Gasteiger partial charge < -0.3 is 14.4 Å². The van der Waals surface area contributed by atoms with Crippen LogP contribution in [0.25, 0.3) is 0 Å². The topological polar surface area (TPSA) is 47.5 Å². The lowest BCUT2D eigenvalue weighted by molar-refractivity contribution is -0.0331. The molecule has 0 bridgehead atoms. The molecule has 1 aromatic rings. The Labute approximate surface area is 145 Å². The van der Waals surface area contributed by atoms with Crippen LogP contribution in [0.15, 0.2) is 12.4 Å². The van der Waals surface area contributed by atoms with Crippen molar-refractivity contribution in [3.63, 3.8) is 0 Å². The molecule has 0 spiro atoms. The second kappa shape index (κ2) is 6.96. The Balaban J connectivity index is 1.41. The van der Waals surface area contributed by atoms with Crippen LogP contribution in [0.5, 0.6) is 5.88 Å². The standard InChI is InChI=1S/C19H31N3O2/c1-15-9-17(21-14-20-15)23-11-16-5-8-22(10-16)12-19(6-7-19)13-24-18(2,3)4/h9,14,16H,5-8,10-13H2,1-4H3/t16-/m1/s1. The monoisotopic (exact) mass is 333 g/mol. The lowest BCUT2D eigenvalue weighted by Crippen LogP contribution is -2.34. The zero-order valence-electron chi connectivity index (χ0n) is 15.5. The highest BCUT2D eigenvalue weighted by atomic mass is 16.5. The summed E-state index contributed by atoms with van der Waals surface area (Å²) in [7, 11) is 0. The largest absolute Gasteiger partial charge is 0.477 e. The maximum atomic E-state index is 6.04. The minimum atomic E-state index is -0.0351. The molecule has 1 aliphatic carbocycles. The third-order valence-corrected chi connectivity index (χ3v) is 4.94. The summed E-state index contributed by atoms with van der Waals surface area (Å²) < 4.78 is 11.9. The van der Waals surface area contributed by atoms with E-state index in [2.05, 4.69) is 35.6 Å². The highest BCUT2D eigenvalue weighted by molar-refractivity contribution is 5.11. The maximum Gasteiger partial charge on any atom is 0.216 e. The van der Waals surface area contributed by atoms with Gasteiger partial charge in [0.1, 0.15) is 6.33 Å². The molecule has 0 unspecified atom stereocenters. The third kappa shape index (κ3) is 5.15. The molecule has 24 heavy (non-hydrogen) atoms. The van der Waals surface area contributed by atoms with Crippen molar-refractivity contribution in [1.29, 1.82) is 0 Å². The van der Waals surface area contributed by atoms with E-state index in [1.54, 1.807) is 6.33 Å². The summed E-state index contributed by atoms with van der Waals surface area (Å²) in [6, 6.07) is 1.90. The molecule has 0 aromatic carbocycles. The van der Waals surface area contributed by atoms with Crippen LogP contribution in [0.4, 0.5) is 0 Å². The van der Waals surface area contributed by atoms with Crippen molar-refractivity contribution in [2.45, 2.75) is 52.6 Å². The normalized spacial score (nSPS) is 23.4. The van der Waals surface area contributed by atoms with Gasteiger partial charge >= 0.3 is 0 Å². The van der Waals surface area contributed by atoms with Gasteiger partial charge in [0.25, 0.3) is 0 Å². The second-order valence-electron chi connectivity index (χ2n) is 8.60. The van der Waals surface area contributed by atoms with Gasteiger partial charge in [0.2, 0.25) is 5.88 Å². The van der Waals surface area contributed by atoms with Crippen LogP contribution in [-0.2, 0) is 4.74 Å². The number of likely N-dealkylation sites (tertiary alicyclic amines) is 1. The van der Waals surface area contributed by atoms with E-state index in [1.807, 2.05) is 13.0 Å². The molecule has 2 fully saturated rings. The van der Waals surface area contributed by atoms with Gasteiger partial charge in [0.05, 0.1) is 18.8 Å². The van der Waals surface area contributed by atoms with Gasteiger partial charge in [0.15, 0.2) is 0 Å². The number of hydrogen-bond acceptors (Lipinski definition) is 5. The predicted molar refractivity (Wildman–Crippen MR) is 94.2 cm³/mol. The minimum absolute atomic E-state index is 0.0351. The van der Waals surface area contributed by atoms with Crippen molar-refractivity contribution in [3.05, 3.63) is 18.1 Å². The Kier molecular flexibility index (Phi) is 5.11. The van der Waals surface area contributed by atoms with Crippen LogP contribution in [0.2, 0.25) is 0 Å². The molecule has 0 amide bonds. The van der Waals surface area contributed by atoms with E-state index in [1.165, 1.54) is 32.4 Å². The summed E-state index contributed by atoms with van der Waals surface area (Å²) in [4.78, 5) is 10.9. The molecule has 2 aliphatic rings. The van der Waals surface area contributed by atoms with Crippen molar-refractivity contribution in [2.24, 2.45) is 11.3 Å². The molecule has 1 aliphatic heterocycles. The summed E-state index contributed by atoms with van der Waals surface area (Å²) >= 11 is 0.